The molecule has 0 aliphatic rings. The minimum atomic E-state index is -0.550. The number of hydrogen-bond donors (Lipinski definition) is 1. The molecule has 0 saturated carbocycles. The molecule has 2 aromatic heterocycles. The van der Waals surface area contributed by atoms with E-state index in [9.17, 15) is 9.18 Å². The Kier molecular flexibility index (Phi) is 6.17. The Morgan fingerprint density at radius 2 is 1.92 bits per heavy atom. The molecule has 0 fully saturated rings. The third-order valence-corrected chi connectivity index (χ3v) is 3.73. The maximum atomic E-state index is 13.8. The van der Waals surface area contributed by atoms with Crippen molar-refractivity contribution in [2.75, 3.05) is 7.05 Å². The highest BCUT2D eigenvalue weighted by atomic mass is 19.1. The summed E-state index contributed by atoms with van der Waals surface area (Å²) in [5.74, 6) is -1.01. The third-order valence-electron chi connectivity index (χ3n) is 3.73. The molecule has 3 rings (SSSR count). The van der Waals surface area contributed by atoms with E-state index in [0.717, 1.165) is 23.0 Å². The average Bonchev–Trinajstić information content (AvgIpc) is 2.68. The van der Waals surface area contributed by atoms with Crippen LogP contribution in [0.1, 0.15) is 36.8 Å². The van der Waals surface area contributed by atoms with Crippen molar-refractivity contribution in [1.82, 2.24) is 15.3 Å². The van der Waals surface area contributed by atoms with Gasteiger partial charge in [-0.2, -0.15) is 0 Å². The monoisotopic (exact) mass is 339 g/mol. The molecule has 130 valence electrons. The third kappa shape index (κ3) is 3.99. The van der Waals surface area contributed by atoms with Crippen LogP contribution in [0.2, 0.25) is 0 Å². The van der Waals surface area contributed by atoms with Crippen LogP contribution in [0.15, 0.2) is 42.6 Å². The number of aromatic nitrogens is 2. The van der Waals surface area contributed by atoms with Crippen LogP contribution in [0.3, 0.4) is 0 Å². The summed E-state index contributed by atoms with van der Waals surface area (Å²) in [4.78, 5) is 20.7. The molecule has 0 saturated heterocycles. The van der Waals surface area contributed by atoms with Gasteiger partial charge in [0.1, 0.15) is 5.82 Å². The van der Waals surface area contributed by atoms with Crippen molar-refractivity contribution in [3.63, 3.8) is 0 Å². The molecule has 1 amide bonds. The maximum Gasteiger partial charge on any atom is 0.254 e. The predicted molar refractivity (Wildman–Crippen MR) is 99.0 cm³/mol. The van der Waals surface area contributed by atoms with E-state index in [0.29, 0.717) is 11.3 Å². The molecule has 1 N–H and O–H groups in total. The van der Waals surface area contributed by atoms with Crippen LogP contribution < -0.4 is 5.32 Å². The molecule has 3 aromatic rings. The fourth-order valence-corrected chi connectivity index (χ4v) is 2.41. The number of aryl methyl sites for hydroxylation is 1. The Morgan fingerprint density at radius 3 is 2.60 bits per heavy atom. The van der Waals surface area contributed by atoms with Crippen molar-refractivity contribution in [1.29, 1.82) is 0 Å². The van der Waals surface area contributed by atoms with Crippen molar-refractivity contribution in [3.05, 3.63) is 59.7 Å². The Bertz CT molecular complexity index is 893. The number of hydrogen-bond acceptors (Lipinski definition) is 3. The number of pyridine rings is 2. The Labute approximate surface area is 147 Å². The van der Waals surface area contributed by atoms with Gasteiger partial charge in [0.15, 0.2) is 0 Å². The first-order valence-corrected chi connectivity index (χ1v) is 8.40. The highest BCUT2D eigenvalue weighted by Gasteiger charge is 2.12. The summed E-state index contributed by atoms with van der Waals surface area (Å²) in [5.41, 5.74) is 3.20. The van der Waals surface area contributed by atoms with E-state index in [1.54, 1.807) is 12.3 Å². The summed E-state index contributed by atoms with van der Waals surface area (Å²) in [6.45, 7) is 6.04. The van der Waals surface area contributed by atoms with Crippen LogP contribution in [0, 0.1) is 5.82 Å². The largest absolute Gasteiger partial charge is 0.355 e. The second-order valence-electron chi connectivity index (χ2n) is 5.19. The number of amides is 1. The lowest BCUT2D eigenvalue weighted by atomic mass is 10.1. The van der Waals surface area contributed by atoms with Gasteiger partial charge in [-0.05, 0) is 42.8 Å². The normalized spacial score (nSPS) is 10.1. The number of rotatable bonds is 3. The van der Waals surface area contributed by atoms with E-state index < -0.39 is 11.7 Å². The summed E-state index contributed by atoms with van der Waals surface area (Å²) < 4.78 is 13.8. The van der Waals surface area contributed by atoms with Crippen molar-refractivity contribution >= 4 is 16.8 Å². The molecule has 1 aromatic carbocycles. The van der Waals surface area contributed by atoms with Gasteiger partial charge in [0.25, 0.3) is 5.91 Å². The summed E-state index contributed by atoms with van der Waals surface area (Å²) >= 11 is 0. The second kappa shape index (κ2) is 8.33. The van der Waals surface area contributed by atoms with E-state index in [-0.39, 0.29) is 5.56 Å². The van der Waals surface area contributed by atoms with Crippen LogP contribution >= 0.6 is 0 Å². The molecular formula is C20H22FN3O. The molecule has 0 aliphatic heterocycles. The van der Waals surface area contributed by atoms with Crippen LogP contribution in [-0.4, -0.2) is 22.9 Å². The SMILES string of the molecule is CC.CCc1cc2nc(-c3ccc(F)c(C(=O)NC)c3)ccc2cn1. The first-order valence-electron chi connectivity index (χ1n) is 8.40. The fourth-order valence-electron chi connectivity index (χ4n) is 2.41. The van der Waals surface area contributed by atoms with Crippen LogP contribution in [0.25, 0.3) is 22.2 Å². The Balaban J connectivity index is 0.00000109. The molecule has 0 spiro atoms. The lowest BCUT2D eigenvalue weighted by molar-refractivity contribution is 0.0959. The van der Waals surface area contributed by atoms with Crippen molar-refractivity contribution < 1.29 is 9.18 Å². The number of carbonyl (C=O) groups excluding carboxylic acids is 1. The topological polar surface area (TPSA) is 54.9 Å². The number of halogens is 1. The van der Waals surface area contributed by atoms with Gasteiger partial charge in [-0.3, -0.25) is 9.78 Å². The lowest BCUT2D eigenvalue weighted by Gasteiger charge is -2.07. The molecule has 0 aliphatic carbocycles. The van der Waals surface area contributed by atoms with E-state index in [1.165, 1.54) is 19.2 Å². The summed E-state index contributed by atoms with van der Waals surface area (Å²) in [6, 6.07) is 10.1. The first-order chi connectivity index (χ1) is 12.1. The highest BCUT2D eigenvalue weighted by Crippen LogP contribution is 2.23. The van der Waals surface area contributed by atoms with Crippen LogP contribution in [0.5, 0.6) is 0 Å². The van der Waals surface area contributed by atoms with Gasteiger partial charge >= 0.3 is 0 Å². The number of nitrogens with one attached hydrogen (secondary N) is 1. The fraction of sp³-hybridized carbons (Fsp3) is 0.250. The second-order valence-corrected chi connectivity index (χ2v) is 5.19. The lowest BCUT2D eigenvalue weighted by Crippen LogP contribution is -2.19. The highest BCUT2D eigenvalue weighted by molar-refractivity contribution is 5.95. The van der Waals surface area contributed by atoms with Gasteiger partial charge in [0, 0.05) is 29.9 Å². The van der Waals surface area contributed by atoms with E-state index >= 15 is 0 Å². The Morgan fingerprint density at radius 1 is 1.16 bits per heavy atom. The van der Waals surface area contributed by atoms with Gasteiger partial charge in [0.05, 0.1) is 16.8 Å². The van der Waals surface area contributed by atoms with Crippen LogP contribution in [0.4, 0.5) is 4.39 Å². The zero-order valence-corrected chi connectivity index (χ0v) is 14.9. The molecule has 25 heavy (non-hydrogen) atoms. The minimum absolute atomic E-state index is 0.0101. The zero-order chi connectivity index (χ0) is 18.4. The van der Waals surface area contributed by atoms with E-state index in [2.05, 4.69) is 15.3 Å². The molecule has 0 radical (unpaired) electrons. The van der Waals surface area contributed by atoms with Crippen LogP contribution in [-0.2, 0) is 6.42 Å². The van der Waals surface area contributed by atoms with E-state index in [4.69, 9.17) is 0 Å². The van der Waals surface area contributed by atoms with Gasteiger partial charge < -0.3 is 5.32 Å². The van der Waals surface area contributed by atoms with Gasteiger partial charge in [-0.25, -0.2) is 9.37 Å². The molecule has 0 bridgehead atoms. The molecule has 0 unspecified atom stereocenters. The summed E-state index contributed by atoms with van der Waals surface area (Å²) in [6.07, 6.45) is 2.63. The maximum absolute atomic E-state index is 13.8. The van der Waals surface area contributed by atoms with Crippen molar-refractivity contribution in [2.45, 2.75) is 27.2 Å². The summed E-state index contributed by atoms with van der Waals surface area (Å²) in [5, 5.41) is 3.38. The molecule has 4 nitrogen and oxygen atoms in total. The molecule has 2 heterocycles. The van der Waals surface area contributed by atoms with Crippen molar-refractivity contribution in [3.8, 4) is 11.3 Å². The molecule has 0 atom stereocenters. The molecular weight excluding hydrogens is 317 g/mol. The number of fused-ring (bicyclic) bond motifs is 1. The zero-order valence-electron chi connectivity index (χ0n) is 14.9. The minimum Gasteiger partial charge on any atom is -0.355 e. The Hall–Kier alpha value is -2.82. The predicted octanol–water partition coefficient (Wildman–Crippen LogP) is 4.38. The van der Waals surface area contributed by atoms with Crippen molar-refractivity contribution in [2.24, 2.45) is 0 Å². The van der Waals surface area contributed by atoms with Gasteiger partial charge in [-0.1, -0.05) is 20.8 Å². The standard InChI is InChI=1S/C18H16FN3O.C2H6/c1-3-13-9-17-12(10-21-13)5-7-16(22-17)11-4-6-15(19)14(8-11)18(23)20-2;1-2/h4-10H,3H2,1-2H3,(H,20,23);1-2H3. The van der Waals surface area contributed by atoms with Gasteiger partial charge in [-0.15, -0.1) is 0 Å². The number of benzene rings is 1. The van der Waals surface area contributed by atoms with Gasteiger partial charge in [0.2, 0.25) is 0 Å². The van der Waals surface area contributed by atoms with E-state index in [1.807, 2.05) is 39.0 Å². The number of nitrogens with zero attached hydrogens (tertiary/aromatic N) is 2. The molecule has 5 heteroatoms. The smallest absolute Gasteiger partial charge is 0.254 e. The quantitative estimate of drug-likeness (QED) is 0.770. The first kappa shape index (κ1) is 18.5. The average molecular weight is 339 g/mol. The summed E-state index contributed by atoms with van der Waals surface area (Å²) in [7, 11) is 1.47. The number of carbonyl (C=O) groups is 1.